The van der Waals surface area contributed by atoms with Gasteiger partial charge in [-0.05, 0) is 26.3 Å². The Hall–Kier alpha value is -1.21. The van der Waals surface area contributed by atoms with Gasteiger partial charge in [-0.2, -0.15) is 0 Å². The van der Waals surface area contributed by atoms with Gasteiger partial charge in [0.1, 0.15) is 0 Å². The van der Waals surface area contributed by atoms with Gasteiger partial charge in [0, 0.05) is 17.6 Å². The zero-order valence-corrected chi connectivity index (χ0v) is 11.5. The van der Waals surface area contributed by atoms with Crippen molar-refractivity contribution in [1.29, 1.82) is 0 Å². The first-order valence-electron chi connectivity index (χ1n) is 5.22. The van der Waals surface area contributed by atoms with Gasteiger partial charge in [0.05, 0.1) is 10.2 Å². The quantitative estimate of drug-likeness (QED) is 0.471. The van der Waals surface area contributed by atoms with E-state index in [1.165, 1.54) is 26.1 Å². The Morgan fingerprint density at radius 3 is 2.67 bits per heavy atom. The van der Waals surface area contributed by atoms with Crippen molar-refractivity contribution < 1.29 is 13.3 Å². The summed E-state index contributed by atoms with van der Waals surface area (Å²) < 4.78 is 24.3. The number of nitro groups is 1. The topological polar surface area (TPSA) is 90.2 Å². The summed E-state index contributed by atoms with van der Waals surface area (Å²) in [5.74, 6) is 0.167. The fourth-order valence-corrected chi connectivity index (χ4v) is 3.43. The minimum Gasteiger partial charge on any atom is -0.258 e. The molecule has 0 bridgehead atoms. The Bertz CT molecular complexity index is 559. The van der Waals surface area contributed by atoms with Crippen molar-refractivity contribution in [3.8, 4) is 0 Å². The third kappa shape index (κ3) is 2.78. The van der Waals surface area contributed by atoms with Gasteiger partial charge in [-0.25, -0.2) is 13.4 Å². The molecule has 0 radical (unpaired) electrons. The number of nitrogens with zero attached hydrogens (tertiary/aromatic N) is 2. The summed E-state index contributed by atoms with van der Waals surface area (Å²) in [5, 5.41) is 9.66. The van der Waals surface area contributed by atoms with Gasteiger partial charge in [0.15, 0.2) is 0 Å². The number of pyridine rings is 1. The molecule has 0 amide bonds. The van der Waals surface area contributed by atoms with Crippen LogP contribution in [-0.4, -0.2) is 29.5 Å². The molecule has 0 saturated heterocycles. The second-order valence-corrected chi connectivity index (χ2v) is 6.53. The molecule has 0 aliphatic carbocycles. The second kappa shape index (κ2) is 5.62. The van der Waals surface area contributed by atoms with Gasteiger partial charge >= 0.3 is 5.69 Å². The highest BCUT2D eigenvalue weighted by Gasteiger charge is 2.33. The normalized spacial score (nSPS) is 13.3. The number of aryl methyl sites for hydroxylation is 1. The molecule has 0 aliphatic heterocycles. The first-order chi connectivity index (χ1) is 8.32. The third-order valence-electron chi connectivity index (χ3n) is 2.59. The van der Waals surface area contributed by atoms with Crippen molar-refractivity contribution >= 4 is 27.1 Å². The highest BCUT2D eigenvalue weighted by atomic mass is 35.5. The van der Waals surface area contributed by atoms with E-state index in [1.54, 1.807) is 0 Å². The van der Waals surface area contributed by atoms with Crippen molar-refractivity contribution in [2.24, 2.45) is 0 Å². The summed E-state index contributed by atoms with van der Waals surface area (Å²) >= 11 is 5.50. The molecule has 1 rings (SSSR count). The van der Waals surface area contributed by atoms with Gasteiger partial charge in [-0.15, -0.1) is 11.6 Å². The molecule has 1 aromatic heterocycles. The Kier molecular flexibility index (Phi) is 4.64. The van der Waals surface area contributed by atoms with Gasteiger partial charge < -0.3 is 0 Å². The van der Waals surface area contributed by atoms with Crippen molar-refractivity contribution in [2.75, 3.05) is 5.88 Å². The van der Waals surface area contributed by atoms with Gasteiger partial charge in [-0.1, -0.05) is 0 Å². The molecule has 1 heterocycles. The van der Waals surface area contributed by atoms with Crippen LogP contribution in [-0.2, 0) is 9.84 Å². The Morgan fingerprint density at radius 2 is 2.17 bits per heavy atom. The van der Waals surface area contributed by atoms with Crippen LogP contribution in [0.3, 0.4) is 0 Å². The number of alkyl halides is 1. The lowest BCUT2D eigenvalue weighted by Crippen LogP contribution is -2.21. The molecule has 8 heteroatoms. The van der Waals surface area contributed by atoms with Crippen LogP contribution < -0.4 is 0 Å². The smallest absolute Gasteiger partial charge is 0.258 e. The van der Waals surface area contributed by atoms with E-state index in [0.717, 1.165) is 0 Å². The van der Waals surface area contributed by atoms with E-state index in [2.05, 4.69) is 4.98 Å². The highest BCUT2D eigenvalue weighted by molar-refractivity contribution is 7.92. The van der Waals surface area contributed by atoms with Gasteiger partial charge in [0.25, 0.3) is 0 Å². The molecular weight excluding hydrogens is 280 g/mol. The summed E-state index contributed by atoms with van der Waals surface area (Å²) in [6.45, 7) is 2.94. The lowest BCUT2D eigenvalue weighted by Gasteiger charge is -2.11. The molecule has 1 unspecified atom stereocenters. The van der Waals surface area contributed by atoms with E-state index >= 15 is 0 Å². The summed E-state index contributed by atoms with van der Waals surface area (Å²) in [7, 11) is -3.84. The van der Waals surface area contributed by atoms with Crippen LogP contribution in [0.1, 0.15) is 18.9 Å². The van der Waals surface area contributed by atoms with Crippen LogP contribution in [0.4, 0.5) is 5.69 Å². The fourth-order valence-electron chi connectivity index (χ4n) is 1.46. The fraction of sp³-hybridized carbons (Fsp3) is 0.500. The SMILES string of the molecule is Cc1ccnc(S(=O)(=O)C(C)CCCl)c1[N+](=O)[O-]. The van der Waals surface area contributed by atoms with Crippen molar-refractivity contribution in [3.05, 3.63) is 27.9 Å². The average Bonchev–Trinajstić information content (AvgIpc) is 2.28. The van der Waals surface area contributed by atoms with Gasteiger partial charge in [-0.3, -0.25) is 10.1 Å². The molecule has 0 spiro atoms. The number of rotatable bonds is 5. The zero-order valence-electron chi connectivity index (χ0n) is 9.96. The summed E-state index contributed by atoms with van der Waals surface area (Å²) in [6, 6.07) is 1.41. The molecule has 1 aromatic rings. The molecule has 0 aliphatic rings. The first-order valence-corrected chi connectivity index (χ1v) is 7.30. The standard InChI is InChI=1S/C10H13ClN2O4S/c1-7-4-6-12-10(9(7)13(14)15)18(16,17)8(2)3-5-11/h4,6,8H,3,5H2,1-2H3. The van der Waals surface area contributed by atoms with E-state index in [1.807, 2.05) is 0 Å². The maximum absolute atomic E-state index is 12.2. The molecule has 0 saturated carbocycles. The van der Waals surface area contributed by atoms with Crippen molar-refractivity contribution in [1.82, 2.24) is 4.98 Å². The number of hydrogen-bond donors (Lipinski definition) is 0. The van der Waals surface area contributed by atoms with E-state index in [4.69, 9.17) is 11.6 Å². The Balaban J connectivity index is 3.42. The molecular formula is C10H13ClN2O4S. The predicted molar refractivity (Wildman–Crippen MR) is 67.6 cm³/mol. The van der Waals surface area contributed by atoms with Crippen LogP contribution in [0.5, 0.6) is 0 Å². The monoisotopic (exact) mass is 292 g/mol. The molecule has 6 nitrogen and oxygen atoms in total. The van der Waals surface area contributed by atoms with Crippen molar-refractivity contribution in [2.45, 2.75) is 30.5 Å². The highest BCUT2D eigenvalue weighted by Crippen LogP contribution is 2.28. The molecule has 100 valence electrons. The van der Waals surface area contributed by atoms with E-state index < -0.39 is 30.7 Å². The number of aromatic nitrogens is 1. The Morgan fingerprint density at radius 1 is 1.56 bits per heavy atom. The van der Waals surface area contributed by atoms with Crippen LogP contribution in [0, 0.1) is 17.0 Å². The second-order valence-electron chi connectivity index (χ2n) is 3.87. The number of hydrogen-bond acceptors (Lipinski definition) is 5. The average molecular weight is 293 g/mol. The van der Waals surface area contributed by atoms with E-state index in [0.29, 0.717) is 0 Å². The summed E-state index contributed by atoms with van der Waals surface area (Å²) in [5.41, 5.74) is -0.189. The lowest BCUT2D eigenvalue weighted by molar-refractivity contribution is -0.388. The van der Waals surface area contributed by atoms with Crippen LogP contribution in [0.2, 0.25) is 0 Å². The van der Waals surface area contributed by atoms with Crippen LogP contribution in [0.25, 0.3) is 0 Å². The minimum absolute atomic E-state index is 0.167. The zero-order chi connectivity index (χ0) is 13.9. The van der Waals surface area contributed by atoms with Crippen LogP contribution in [0.15, 0.2) is 17.3 Å². The lowest BCUT2D eigenvalue weighted by atomic mass is 10.3. The maximum atomic E-state index is 12.2. The minimum atomic E-state index is -3.84. The number of sulfone groups is 1. The first kappa shape index (κ1) is 14.8. The summed E-state index contributed by atoms with van der Waals surface area (Å²) in [4.78, 5) is 13.9. The molecule has 18 heavy (non-hydrogen) atoms. The van der Waals surface area contributed by atoms with E-state index in [-0.39, 0.29) is 17.9 Å². The van der Waals surface area contributed by atoms with E-state index in [9.17, 15) is 18.5 Å². The molecule has 0 aromatic carbocycles. The maximum Gasteiger partial charge on any atom is 0.309 e. The Labute approximate surface area is 110 Å². The van der Waals surface area contributed by atoms with Crippen molar-refractivity contribution in [3.63, 3.8) is 0 Å². The predicted octanol–water partition coefficient (Wildman–Crippen LogP) is 2.09. The number of halogens is 1. The van der Waals surface area contributed by atoms with Crippen LogP contribution >= 0.6 is 11.6 Å². The molecule has 0 fully saturated rings. The van der Waals surface area contributed by atoms with Gasteiger partial charge in [0.2, 0.25) is 14.9 Å². The molecule has 0 N–H and O–H groups in total. The third-order valence-corrected chi connectivity index (χ3v) is 4.94. The largest absolute Gasteiger partial charge is 0.309 e. The molecule has 1 atom stereocenters. The summed E-state index contributed by atoms with van der Waals surface area (Å²) in [6.07, 6.45) is 1.47.